The Hall–Kier alpha value is -1.80. The minimum Gasteiger partial charge on any atom is -0.395 e. The van der Waals surface area contributed by atoms with Crippen molar-refractivity contribution >= 4 is 11.5 Å². The summed E-state index contributed by atoms with van der Waals surface area (Å²) in [5.74, 6) is 0.442. The number of pyridine rings is 1. The molecule has 0 fully saturated rings. The first-order chi connectivity index (χ1) is 7.56. The molecule has 5 nitrogen and oxygen atoms in total. The van der Waals surface area contributed by atoms with Crippen molar-refractivity contribution < 1.29 is 5.11 Å². The van der Waals surface area contributed by atoms with Gasteiger partial charge >= 0.3 is 0 Å². The second-order valence-corrected chi connectivity index (χ2v) is 3.93. The van der Waals surface area contributed by atoms with E-state index in [1.54, 1.807) is 6.07 Å². The lowest BCUT2D eigenvalue weighted by Crippen LogP contribution is -2.38. The summed E-state index contributed by atoms with van der Waals surface area (Å²) < 4.78 is 0. The van der Waals surface area contributed by atoms with Crippen molar-refractivity contribution in [1.29, 1.82) is 5.26 Å². The molecule has 1 aromatic heterocycles. The van der Waals surface area contributed by atoms with E-state index in [0.29, 0.717) is 17.1 Å². The van der Waals surface area contributed by atoms with Crippen LogP contribution in [0.15, 0.2) is 12.3 Å². The topological polar surface area (TPSA) is 95.0 Å². The van der Waals surface area contributed by atoms with E-state index >= 15 is 0 Å². The van der Waals surface area contributed by atoms with E-state index in [0.717, 1.165) is 6.42 Å². The summed E-state index contributed by atoms with van der Waals surface area (Å²) in [5.41, 5.74) is 6.01. The number of anilines is 2. The van der Waals surface area contributed by atoms with E-state index in [1.165, 1.54) is 6.20 Å². The Bertz CT molecular complexity index is 407. The number of aromatic nitrogens is 1. The second kappa shape index (κ2) is 4.81. The zero-order valence-corrected chi connectivity index (χ0v) is 9.49. The number of nitriles is 1. The van der Waals surface area contributed by atoms with Crippen LogP contribution in [-0.4, -0.2) is 22.2 Å². The van der Waals surface area contributed by atoms with Crippen LogP contribution >= 0.6 is 0 Å². The molecule has 0 aliphatic heterocycles. The van der Waals surface area contributed by atoms with Gasteiger partial charge in [-0.05, 0) is 19.4 Å². The van der Waals surface area contributed by atoms with Crippen LogP contribution in [0.5, 0.6) is 0 Å². The van der Waals surface area contributed by atoms with Gasteiger partial charge in [0.2, 0.25) is 0 Å². The van der Waals surface area contributed by atoms with Gasteiger partial charge in [-0.1, -0.05) is 6.92 Å². The van der Waals surface area contributed by atoms with Crippen LogP contribution in [0.3, 0.4) is 0 Å². The average molecular weight is 220 g/mol. The number of nitrogens with zero attached hydrogens (tertiary/aromatic N) is 2. The summed E-state index contributed by atoms with van der Waals surface area (Å²) in [5, 5.41) is 21.1. The van der Waals surface area contributed by atoms with Gasteiger partial charge < -0.3 is 16.2 Å². The number of hydrogen-bond donors (Lipinski definition) is 3. The molecule has 4 N–H and O–H groups in total. The molecule has 0 radical (unpaired) electrons. The lowest BCUT2D eigenvalue weighted by molar-refractivity contribution is 0.218. The third kappa shape index (κ3) is 2.41. The Labute approximate surface area is 94.9 Å². The number of nitrogen functional groups attached to an aromatic ring is 1. The van der Waals surface area contributed by atoms with Crippen molar-refractivity contribution in [3.05, 3.63) is 17.8 Å². The van der Waals surface area contributed by atoms with Crippen molar-refractivity contribution in [2.75, 3.05) is 17.7 Å². The molecule has 1 aromatic rings. The van der Waals surface area contributed by atoms with Crippen molar-refractivity contribution in [2.24, 2.45) is 0 Å². The van der Waals surface area contributed by atoms with Crippen LogP contribution in [0.2, 0.25) is 0 Å². The third-order valence-corrected chi connectivity index (χ3v) is 2.66. The summed E-state index contributed by atoms with van der Waals surface area (Å²) in [6, 6.07) is 3.55. The summed E-state index contributed by atoms with van der Waals surface area (Å²) in [7, 11) is 0. The first-order valence-corrected chi connectivity index (χ1v) is 5.10. The molecule has 1 unspecified atom stereocenters. The SMILES string of the molecule is CCC(C)(CO)Nc1nccc(C#N)c1N. The highest BCUT2D eigenvalue weighted by Crippen LogP contribution is 2.23. The van der Waals surface area contributed by atoms with Crippen molar-refractivity contribution in [2.45, 2.75) is 25.8 Å². The van der Waals surface area contributed by atoms with Crippen LogP contribution < -0.4 is 11.1 Å². The quantitative estimate of drug-likeness (QED) is 0.706. The molecule has 0 saturated carbocycles. The monoisotopic (exact) mass is 220 g/mol. The van der Waals surface area contributed by atoms with Crippen LogP contribution in [0, 0.1) is 11.3 Å². The molecular formula is C11H16N4O. The molecule has 0 saturated heterocycles. The van der Waals surface area contributed by atoms with Gasteiger partial charge in [-0.3, -0.25) is 0 Å². The molecule has 86 valence electrons. The fourth-order valence-electron chi connectivity index (χ4n) is 1.20. The Morgan fingerprint density at radius 3 is 2.88 bits per heavy atom. The zero-order valence-electron chi connectivity index (χ0n) is 9.49. The number of rotatable bonds is 4. The van der Waals surface area contributed by atoms with E-state index in [2.05, 4.69) is 10.3 Å². The Kier molecular flexibility index (Phi) is 3.69. The Balaban J connectivity index is 3.03. The van der Waals surface area contributed by atoms with E-state index < -0.39 is 5.54 Å². The summed E-state index contributed by atoms with van der Waals surface area (Å²) in [4.78, 5) is 4.07. The molecule has 0 amide bonds. The van der Waals surface area contributed by atoms with Gasteiger partial charge in [0, 0.05) is 6.20 Å². The normalized spacial score (nSPS) is 13.9. The smallest absolute Gasteiger partial charge is 0.151 e. The maximum Gasteiger partial charge on any atom is 0.151 e. The van der Waals surface area contributed by atoms with Crippen LogP contribution in [0.1, 0.15) is 25.8 Å². The molecule has 1 atom stereocenters. The predicted octanol–water partition coefficient (Wildman–Crippen LogP) is 1.11. The molecule has 5 heteroatoms. The fraction of sp³-hybridized carbons (Fsp3) is 0.455. The minimum atomic E-state index is -0.477. The molecular weight excluding hydrogens is 204 g/mol. The maximum atomic E-state index is 9.27. The Morgan fingerprint density at radius 2 is 2.38 bits per heavy atom. The highest BCUT2D eigenvalue weighted by Gasteiger charge is 2.22. The standard InChI is InChI=1S/C11H16N4O/c1-3-11(2,7-16)15-10-9(13)8(6-12)4-5-14-10/h4-5,16H,3,7,13H2,1-2H3,(H,14,15). The van der Waals surface area contributed by atoms with Gasteiger partial charge in [0.1, 0.15) is 6.07 Å². The van der Waals surface area contributed by atoms with Crippen molar-refractivity contribution in [3.63, 3.8) is 0 Å². The summed E-state index contributed by atoms with van der Waals surface area (Å²) in [6.07, 6.45) is 2.24. The maximum absolute atomic E-state index is 9.27. The van der Waals surface area contributed by atoms with Crippen molar-refractivity contribution in [1.82, 2.24) is 4.98 Å². The molecule has 16 heavy (non-hydrogen) atoms. The number of aliphatic hydroxyl groups excluding tert-OH is 1. The van der Waals surface area contributed by atoms with E-state index in [-0.39, 0.29) is 6.61 Å². The van der Waals surface area contributed by atoms with Gasteiger partial charge in [-0.2, -0.15) is 5.26 Å². The summed E-state index contributed by atoms with van der Waals surface area (Å²) >= 11 is 0. The largest absolute Gasteiger partial charge is 0.395 e. The van der Waals surface area contributed by atoms with Gasteiger partial charge in [-0.15, -0.1) is 0 Å². The van der Waals surface area contributed by atoms with E-state index in [9.17, 15) is 5.11 Å². The second-order valence-electron chi connectivity index (χ2n) is 3.93. The average Bonchev–Trinajstić information content (AvgIpc) is 2.32. The molecule has 0 aliphatic carbocycles. The third-order valence-electron chi connectivity index (χ3n) is 2.66. The van der Waals surface area contributed by atoms with E-state index in [4.69, 9.17) is 11.0 Å². The molecule has 1 heterocycles. The summed E-state index contributed by atoms with van der Waals surface area (Å²) in [6.45, 7) is 3.79. The van der Waals surface area contributed by atoms with Gasteiger partial charge in [-0.25, -0.2) is 4.98 Å². The molecule has 0 bridgehead atoms. The van der Waals surface area contributed by atoms with Gasteiger partial charge in [0.05, 0.1) is 23.4 Å². The number of hydrogen-bond acceptors (Lipinski definition) is 5. The highest BCUT2D eigenvalue weighted by atomic mass is 16.3. The first kappa shape index (κ1) is 12.3. The van der Waals surface area contributed by atoms with Crippen LogP contribution in [0.25, 0.3) is 0 Å². The number of aliphatic hydroxyl groups is 1. The predicted molar refractivity (Wildman–Crippen MR) is 62.8 cm³/mol. The van der Waals surface area contributed by atoms with Gasteiger partial charge in [0.15, 0.2) is 5.82 Å². The molecule has 0 spiro atoms. The molecule has 0 aromatic carbocycles. The minimum absolute atomic E-state index is 0.0264. The molecule has 1 rings (SSSR count). The van der Waals surface area contributed by atoms with E-state index in [1.807, 2.05) is 19.9 Å². The van der Waals surface area contributed by atoms with Crippen LogP contribution in [0.4, 0.5) is 11.5 Å². The van der Waals surface area contributed by atoms with Gasteiger partial charge in [0.25, 0.3) is 0 Å². The first-order valence-electron chi connectivity index (χ1n) is 5.10. The van der Waals surface area contributed by atoms with Crippen molar-refractivity contribution in [3.8, 4) is 6.07 Å². The lowest BCUT2D eigenvalue weighted by atomic mass is 10.00. The number of nitrogens with two attached hydrogens (primary N) is 1. The number of nitrogens with one attached hydrogen (secondary N) is 1. The fourth-order valence-corrected chi connectivity index (χ4v) is 1.20. The lowest BCUT2D eigenvalue weighted by Gasteiger charge is -2.28. The zero-order chi connectivity index (χ0) is 12.2. The molecule has 0 aliphatic rings. The van der Waals surface area contributed by atoms with Crippen LogP contribution in [-0.2, 0) is 0 Å². The Morgan fingerprint density at radius 1 is 1.69 bits per heavy atom. The highest BCUT2D eigenvalue weighted by molar-refractivity contribution is 5.69.